The second-order valence-electron chi connectivity index (χ2n) is 6.19. The van der Waals surface area contributed by atoms with Gasteiger partial charge in [0, 0.05) is 0 Å². The van der Waals surface area contributed by atoms with E-state index in [2.05, 4.69) is 71.5 Å². The monoisotopic (exact) mass is 279 g/mol. The van der Waals surface area contributed by atoms with E-state index in [4.69, 9.17) is 0 Å². The first-order valence-corrected chi connectivity index (χ1v) is 8.05. The highest BCUT2D eigenvalue weighted by molar-refractivity contribution is 5.17. The molecule has 0 spiro atoms. The lowest BCUT2D eigenvalue weighted by molar-refractivity contribution is 0.311. The van der Waals surface area contributed by atoms with Crippen LogP contribution in [0.1, 0.15) is 78.7 Å². The van der Waals surface area contributed by atoms with E-state index in [-0.39, 0.29) is 0 Å². The molecule has 0 aliphatic heterocycles. The Bertz CT molecular complexity index is 288. The summed E-state index contributed by atoms with van der Waals surface area (Å²) in [4.78, 5) is 0. The van der Waals surface area contributed by atoms with Gasteiger partial charge in [-0.05, 0) is 30.4 Å². The Labute approximate surface area is 128 Å². The van der Waals surface area contributed by atoms with Crippen molar-refractivity contribution >= 4 is 0 Å². The maximum Gasteiger partial charge on any atom is -0.0195 e. The second-order valence-corrected chi connectivity index (χ2v) is 6.19. The molecule has 118 valence electrons. The number of benzene rings is 1. The molecule has 1 nitrogen and oxygen atoms in total. The van der Waals surface area contributed by atoms with Crippen molar-refractivity contribution in [3.63, 3.8) is 0 Å². The molecule has 20 heavy (non-hydrogen) atoms. The highest BCUT2D eigenvalue weighted by Gasteiger charge is 2.12. The van der Waals surface area contributed by atoms with E-state index in [9.17, 15) is 0 Å². The first kappa shape index (κ1) is 21.5. The molecule has 0 aliphatic carbocycles. The van der Waals surface area contributed by atoms with Crippen LogP contribution in [0.5, 0.6) is 0 Å². The van der Waals surface area contributed by atoms with Crippen molar-refractivity contribution in [2.24, 2.45) is 11.1 Å². The standard InChI is InChI=1S/C9H12.C9H20.CH5N/c1-8(2)9-6-4-3-5-7-9;1-5-7-8-9(3,4)6-2;1-2/h3-8H,1-2H3;5-8H2,1-4H3;2H2,1H3. The Morgan fingerprint density at radius 3 is 1.80 bits per heavy atom. The maximum atomic E-state index is 4.50. The van der Waals surface area contributed by atoms with Crippen molar-refractivity contribution in [2.45, 2.75) is 73.1 Å². The van der Waals surface area contributed by atoms with Crippen LogP contribution in [0.4, 0.5) is 0 Å². The lowest BCUT2D eigenvalue weighted by Crippen LogP contribution is -2.08. The fraction of sp³-hybridized carbons (Fsp3) is 0.684. The van der Waals surface area contributed by atoms with E-state index >= 15 is 0 Å². The van der Waals surface area contributed by atoms with Crippen LogP contribution in [0.25, 0.3) is 0 Å². The van der Waals surface area contributed by atoms with Gasteiger partial charge in [0.1, 0.15) is 0 Å². The van der Waals surface area contributed by atoms with Crippen LogP contribution in [0.2, 0.25) is 0 Å². The molecule has 0 fully saturated rings. The minimum absolute atomic E-state index is 0.593. The van der Waals surface area contributed by atoms with Crippen molar-refractivity contribution in [1.82, 2.24) is 0 Å². The van der Waals surface area contributed by atoms with Gasteiger partial charge in [-0.2, -0.15) is 0 Å². The zero-order valence-electron chi connectivity index (χ0n) is 14.9. The molecular weight excluding hydrogens is 242 g/mol. The molecule has 0 unspecified atom stereocenters. The summed E-state index contributed by atoms with van der Waals surface area (Å²) in [5.41, 5.74) is 6.51. The molecule has 1 rings (SSSR count). The number of hydrogen-bond donors (Lipinski definition) is 1. The Hall–Kier alpha value is -0.820. The summed E-state index contributed by atoms with van der Waals surface area (Å²) >= 11 is 0. The molecule has 0 amide bonds. The highest BCUT2D eigenvalue weighted by atomic mass is 14.4. The zero-order chi connectivity index (χ0) is 16.0. The van der Waals surface area contributed by atoms with Crippen molar-refractivity contribution in [3.05, 3.63) is 35.9 Å². The van der Waals surface area contributed by atoms with Crippen molar-refractivity contribution in [2.75, 3.05) is 7.05 Å². The van der Waals surface area contributed by atoms with Crippen LogP contribution < -0.4 is 5.73 Å². The molecule has 0 atom stereocenters. The average molecular weight is 280 g/mol. The van der Waals surface area contributed by atoms with Crippen LogP contribution in [-0.4, -0.2) is 7.05 Å². The molecule has 0 saturated heterocycles. The number of nitrogens with two attached hydrogens (primary N) is 1. The summed E-state index contributed by atoms with van der Waals surface area (Å²) in [5.74, 6) is 0.659. The van der Waals surface area contributed by atoms with Crippen LogP contribution in [-0.2, 0) is 0 Å². The van der Waals surface area contributed by atoms with Gasteiger partial charge in [0.05, 0.1) is 0 Å². The summed E-state index contributed by atoms with van der Waals surface area (Å²) in [6, 6.07) is 10.5. The largest absolute Gasteiger partial charge is 0.333 e. The normalized spacial score (nSPS) is 10.2. The Morgan fingerprint density at radius 2 is 1.50 bits per heavy atom. The van der Waals surface area contributed by atoms with E-state index in [0.717, 1.165) is 0 Å². The SMILES string of the molecule is CC(C)c1ccccc1.CCCCC(C)(C)CC.CN. The molecular formula is C19H37N. The number of hydrogen-bond acceptors (Lipinski definition) is 1. The minimum atomic E-state index is 0.593. The Balaban J connectivity index is 0. The molecule has 0 heterocycles. The van der Waals surface area contributed by atoms with Crippen LogP contribution >= 0.6 is 0 Å². The van der Waals surface area contributed by atoms with Gasteiger partial charge in [-0.3, -0.25) is 0 Å². The fourth-order valence-electron chi connectivity index (χ4n) is 1.67. The second kappa shape index (κ2) is 13.2. The third-order valence-electron chi connectivity index (χ3n) is 3.63. The molecule has 1 aromatic rings. The molecule has 0 bridgehead atoms. The minimum Gasteiger partial charge on any atom is -0.333 e. The van der Waals surface area contributed by atoms with Gasteiger partial charge >= 0.3 is 0 Å². The van der Waals surface area contributed by atoms with Gasteiger partial charge in [0.2, 0.25) is 0 Å². The highest BCUT2D eigenvalue weighted by Crippen LogP contribution is 2.26. The van der Waals surface area contributed by atoms with E-state index in [0.29, 0.717) is 11.3 Å². The average Bonchev–Trinajstić information content (AvgIpc) is 2.49. The molecule has 1 aromatic carbocycles. The van der Waals surface area contributed by atoms with Crippen molar-refractivity contribution in [1.29, 1.82) is 0 Å². The smallest absolute Gasteiger partial charge is 0.0195 e. The Morgan fingerprint density at radius 1 is 1.00 bits per heavy atom. The molecule has 0 aliphatic rings. The van der Waals surface area contributed by atoms with Gasteiger partial charge in [-0.15, -0.1) is 0 Å². The van der Waals surface area contributed by atoms with Crippen LogP contribution in [0.15, 0.2) is 30.3 Å². The van der Waals surface area contributed by atoms with Gasteiger partial charge in [0.25, 0.3) is 0 Å². The van der Waals surface area contributed by atoms with Gasteiger partial charge in [-0.1, -0.05) is 91.1 Å². The summed E-state index contributed by atoms with van der Waals surface area (Å²) < 4.78 is 0. The first-order chi connectivity index (χ1) is 9.43. The molecule has 2 N–H and O–H groups in total. The van der Waals surface area contributed by atoms with E-state index in [1.807, 2.05) is 6.07 Å². The van der Waals surface area contributed by atoms with E-state index in [1.54, 1.807) is 0 Å². The topological polar surface area (TPSA) is 26.0 Å². The summed E-state index contributed by atoms with van der Waals surface area (Å²) in [7, 11) is 1.50. The predicted molar refractivity (Wildman–Crippen MR) is 94.2 cm³/mol. The van der Waals surface area contributed by atoms with Crippen LogP contribution in [0, 0.1) is 5.41 Å². The number of rotatable bonds is 5. The summed E-state index contributed by atoms with van der Waals surface area (Å²) in [5, 5.41) is 0. The van der Waals surface area contributed by atoms with E-state index in [1.165, 1.54) is 38.3 Å². The lowest BCUT2D eigenvalue weighted by Gasteiger charge is -2.21. The van der Waals surface area contributed by atoms with E-state index < -0.39 is 0 Å². The third-order valence-corrected chi connectivity index (χ3v) is 3.63. The zero-order valence-corrected chi connectivity index (χ0v) is 14.9. The quantitative estimate of drug-likeness (QED) is 0.703. The first-order valence-electron chi connectivity index (χ1n) is 8.05. The third kappa shape index (κ3) is 12.2. The van der Waals surface area contributed by atoms with Gasteiger partial charge in [0.15, 0.2) is 0 Å². The van der Waals surface area contributed by atoms with Gasteiger partial charge in [-0.25, -0.2) is 0 Å². The summed E-state index contributed by atoms with van der Waals surface area (Å²) in [6.07, 6.45) is 5.43. The lowest BCUT2D eigenvalue weighted by atomic mass is 9.85. The molecule has 0 radical (unpaired) electrons. The van der Waals surface area contributed by atoms with Crippen LogP contribution in [0.3, 0.4) is 0 Å². The Kier molecular flexibility index (Phi) is 14.2. The maximum absolute atomic E-state index is 4.50. The van der Waals surface area contributed by atoms with Gasteiger partial charge < -0.3 is 5.73 Å². The molecule has 0 aromatic heterocycles. The molecule has 1 heteroatoms. The predicted octanol–water partition coefficient (Wildman–Crippen LogP) is 6.00. The van der Waals surface area contributed by atoms with Crippen molar-refractivity contribution in [3.8, 4) is 0 Å². The fourth-order valence-corrected chi connectivity index (χ4v) is 1.67. The van der Waals surface area contributed by atoms with Crippen molar-refractivity contribution < 1.29 is 0 Å². The molecule has 0 saturated carbocycles. The summed E-state index contributed by atoms with van der Waals surface area (Å²) in [6.45, 7) is 13.6. The number of unbranched alkanes of at least 4 members (excludes halogenated alkanes) is 1.